The Morgan fingerprint density at radius 3 is 2.06 bits per heavy atom. The van der Waals surface area contributed by atoms with Crippen LogP contribution in [0.1, 0.15) is 23.2 Å². The predicted molar refractivity (Wildman–Crippen MR) is 134 cm³/mol. The molecule has 2 aromatic carbocycles. The second-order valence-electron chi connectivity index (χ2n) is 9.01. The van der Waals surface area contributed by atoms with Gasteiger partial charge in [0.2, 0.25) is 5.91 Å². The Hall–Kier alpha value is -3.67. The molecule has 5 rings (SSSR count). The van der Waals surface area contributed by atoms with Gasteiger partial charge in [-0.25, -0.2) is 0 Å². The first-order valence-corrected chi connectivity index (χ1v) is 12.1. The molecule has 6 nitrogen and oxygen atoms in total. The molecule has 0 N–H and O–H groups in total. The summed E-state index contributed by atoms with van der Waals surface area (Å²) in [6.45, 7) is 4.46. The van der Waals surface area contributed by atoms with Crippen molar-refractivity contribution in [3.05, 3.63) is 84.6 Å². The van der Waals surface area contributed by atoms with E-state index < -0.39 is 0 Å². The van der Waals surface area contributed by atoms with Crippen LogP contribution in [0.15, 0.2) is 79.0 Å². The number of carbonyl (C=O) groups excluding carboxylic acids is 2. The van der Waals surface area contributed by atoms with Gasteiger partial charge in [0, 0.05) is 68.2 Å². The first-order chi connectivity index (χ1) is 16.7. The molecule has 2 aliphatic heterocycles. The van der Waals surface area contributed by atoms with Crippen LogP contribution in [0.3, 0.4) is 0 Å². The Labute approximate surface area is 200 Å². The smallest absolute Gasteiger partial charge is 0.253 e. The largest absolute Gasteiger partial charge is 0.368 e. The van der Waals surface area contributed by atoms with E-state index in [-0.39, 0.29) is 17.7 Å². The number of nitrogens with zero attached hydrogens (tertiary/aromatic N) is 4. The van der Waals surface area contributed by atoms with Crippen molar-refractivity contribution in [2.45, 2.75) is 12.8 Å². The SMILES string of the molecule is O=C(c1ccnc(-c2ccccc2)c1)N1CCC(C(=O)N2CCN(c3ccccc3)CC2)CC1. The summed E-state index contributed by atoms with van der Waals surface area (Å²) in [4.78, 5) is 36.9. The molecule has 174 valence electrons. The van der Waals surface area contributed by atoms with Crippen LogP contribution in [0.25, 0.3) is 11.3 Å². The molecule has 3 aromatic rings. The van der Waals surface area contributed by atoms with Crippen molar-refractivity contribution in [1.29, 1.82) is 0 Å². The zero-order valence-electron chi connectivity index (χ0n) is 19.3. The Kier molecular flexibility index (Phi) is 6.56. The van der Waals surface area contributed by atoms with Crippen LogP contribution in [0.5, 0.6) is 0 Å². The van der Waals surface area contributed by atoms with Gasteiger partial charge in [-0.3, -0.25) is 14.6 Å². The highest BCUT2D eigenvalue weighted by atomic mass is 16.2. The topological polar surface area (TPSA) is 56.8 Å². The number of rotatable bonds is 4. The summed E-state index contributed by atoms with van der Waals surface area (Å²) >= 11 is 0. The molecule has 6 heteroatoms. The maximum atomic E-state index is 13.1. The van der Waals surface area contributed by atoms with Crippen molar-refractivity contribution in [2.75, 3.05) is 44.2 Å². The number of pyridine rings is 1. The number of aromatic nitrogens is 1. The van der Waals surface area contributed by atoms with Crippen molar-refractivity contribution in [2.24, 2.45) is 5.92 Å². The maximum Gasteiger partial charge on any atom is 0.253 e. The van der Waals surface area contributed by atoms with Crippen LogP contribution in [-0.4, -0.2) is 65.9 Å². The van der Waals surface area contributed by atoms with E-state index in [1.807, 2.05) is 52.3 Å². The number of benzene rings is 2. The monoisotopic (exact) mass is 454 g/mol. The number of carbonyl (C=O) groups is 2. The zero-order chi connectivity index (χ0) is 23.3. The highest BCUT2D eigenvalue weighted by molar-refractivity contribution is 5.95. The van der Waals surface area contributed by atoms with Gasteiger partial charge in [0.25, 0.3) is 5.91 Å². The third kappa shape index (κ3) is 4.81. The van der Waals surface area contributed by atoms with E-state index in [0.717, 1.165) is 50.3 Å². The first-order valence-electron chi connectivity index (χ1n) is 12.1. The van der Waals surface area contributed by atoms with Gasteiger partial charge in [-0.15, -0.1) is 0 Å². The highest BCUT2D eigenvalue weighted by Gasteiger charge is 2.32. The minimum atomic E-state index is 0.00430. The number of anilines is 1. The van der Waals surface area contributed by atoms with Gasteiger partial charge in [0.15, 0.2) is 0 Å². The van der Waals surface area contributed by atoms with E-state index in [1.54, 1.807) is 12.3 Å². The number of piperazine rings is 1. The molecule has 0 spiro atoms. The molecule has 2 fully saturated rings. The average Bonchev–Trinajstić information content (AvgIpc) is 2.93. The van der Waals surface area contributed by atoms with Crippen LogP contribution in [0.2, 0.25) is 0 Å². The molecule has 0 saturated carbocycles. The molecular formula is C28H30N4O2. The van der Waals surface area contributed by atoms with Crippen LogP contribution in [0, 0.1) is 5.92 Å². The van der Waals surface area contributed by atoms with E-state index in [2.05, 4.69) is 34.1 Å². The summed E-state index contributed by atoms with van der Waals surface area (Å²) in [5.41, 5.74) is 3.66. The van der Waals surface area contributed by atoms with Crippen molar-refractivity contribution in [3.8, 4) is 11.3 Å². The Morgan fingerprint density at radius 2 is 1.38 bits per heavy atom. The second kappa shape index (κ2) is 10.1. The van der Waals surface area contributed by atoms with Crippen molar-refractivity contribution >= 4 is 17.5 Å². The molecule has 0 bridgehead atoms. The summed E-state index contributed by atoms with van der Waals surface area (Å²) in [5.74, 6) is 0.265. The van der Waals surface area contributed by atoms with E-state index in [1.165, 1.54) is 5.69 Å². The molecule has 2 saturated heterocycles. The summed E-state index contributed by atoms with van der Waals surface area (Å²) in [6.07, 6.45) is 3.14. The molecule has 2 amide bonds. The third-order valence-electron chi connectivity index (χ3n) is 6.92. The number of hydrogen-bond acceptors (Lipinski definition) is 4. The number of amides is 2. The molecule has 0 radical (unpaired) electrons. The minimum Gasteiger partial charge on any atom is -0.368 e. The standard InChI is InChI=1S/C28H30N4O2/c33-27(32-19-17-30(18-20-32)25-9-5-2-6-10-25)23-12-15-31(16-13-23)28(34)24-11-14-29-26(21-24)22-7-3-1-4-8-22/h1-11,14,21,23H,12-13,15-20H2. The summed E-state index contributed by atoms with van der Waals surface area (Å²) in [7, 11) is 0. The van der Waals surface area contributed by atoms with Gasteiger partial charge < -0.3 is 14.7 Å². The molecule has 1 aromatic heterocycles. The van der Waals surface area contributed by atoms with E-state index in [9.17, 15) is 9.59 Å². The van der Waals surface area contributed by atoms with Crippen molar-refractivity contribution < 1.29 is 9.59 Å². The quantitative estimate of drug-likeness (QED) is 0.599. The summed E-state index contributed by atoms with van der Waals surface area (Å²) in [5, 5.41) is 0. The zero-order valence-corrected chi connectivity index (χ0v) is 19.3. The van der Waals surface area contributed by atoms with E-state index in [0.29, 0.717) is 18.7 Å². The van der Waals surface area contributed by atoms with Crippen LogP contribution in [0.4, 0.5) is 5.69 Å². The number of hydrogen-bond donors (Lipinski definition) is 0. The Balaban J connectivity index is 1.15. The summed E-state index contributed by atoms with van der Waals surface area (Å²) < 4.78 is 0. The van der Waals surface area contributed by atoms with Gasteiger partial charge in [-0.1, -0.05) is 48.5 Å². The Morgan fingerprint density at radius 1 is 0.735 bits per heavy atom. The molecular weight excluding hydrogens is 424 g/mol. The van der Waals surface area contributed by atoms with Gasteiger partial charge in [-0.05, 0) is 37.1 Å². The number of para-hydroxylation sites is 1. The first kappa shape index (κ1) is 22.1. The van der Waals surface area contributed by atoms with Crippen LogP contribution in [-0.2, 0) is 4.79 Å². The molecule has 0 unspecified atom stereocenters. The molecule has 3 heterocycles. The van der Waals surface area contributed by atoms with E-state index in [4.69, 9.17) is 0 Å². The van der Waals surface area contributed by atoms with Crippen LogP contribution >= 0.6 is 0 Å². The third-order valence-corrected chi connectivity index (χ3v) is 6.92. The van der Waals surface area contributed by atoms with Gasteiger partial charge in [0.05, 0.1) is 5.69 Å². The number of piperidine rings is 1. The average molecular weight is 455 g/mol. The molecule has 34 heavy (non-hydrogen) atoms. The summed E-state index contributed by atoms with van der Waals surface area (Å²) in [6, 6.07) is 23.9. The maximum absolute atomic E-state index is 13.1. The van der Waals surface area contributed by atoms with Gasteiger partial charge >= 0.3 is 0 Å². The second-order valence-corrected chi connectivity index (χ2v) is 9.01. The lowest BCUT2D eigenvalue weighted by atomic mass is 9.94. The van der Waals surface area contributed by atoms with Gasteiger partial charge in [-0.2, -0.15) is 0 Å². The lowest BCUT2D eigenvalue weighted by Gasteiger charge is -2.39. The normalized spacial score (nSPS) is 17.0. The minimum absolute atomic E-state index is 0.00430. The fourth-order valence-corrected chi connectivity index (χ4v) is 4.92. The molecule has 0 aliphatic carbocycles. The predicted octanol–water partition coefficient (Wildman–Crippen LogP) is 3.95. The van der Waals surface area contributed by atoms with Crippen LogP contribution < -0.4 is 4.90 Å². The fraction of sp³-hybridized carbons (Fsp3) is 0.321. The fourth-order valence-electron chi connectivity index (χ4n) is 4.92. The lowest BCUT2D eigenvalue weighted by Crippen LogP contribution is -2.52. The van der Waals surface area contributed by atoms with Gasteiger partial charge in [0.1, 0.15) is 0 Å². The van der Waals surface area contributed by atoms with E-state index >= 15 is 0 Å². The van der Waals surface area contributed by atoms with Crippen molar-refractivity contribution in [3.63, 3.8) is 0 Å². The lowest BCUT2D eigenvalue weighted by molar-refractivity contribution is -0.137. The number of likely N-dealkylation sites (tertiary alicyclic amines) is 1. The van der Waals surface area contributed by atoms with Crippen molar-refractivity contribution in [1.82, 2.24) is 14.8 Å². The molecule has 2 aliphatic rings. The highest BCUT2D eigenvalue weighted by Crippen LogP contribution is 2.24. The molecule has 0 atom stereocenters. The Bertz CT molecular complexity index is 1120.